The van der Waals surface area contributed by atoms with Gasteiger partial charge in [0.1, 0.15) is 17.1 Å². The van der Waals surface area contributed by atoms with Gasteiger partial charge in [-0.05, 0) is 58.2 Å². The maximum Gasteiger partial charge on any atom is 0.315 e. The van der Waals surface area contributed by atoms with Gasteiger partial charge in [0.15, 0.2) is 0 Å². The van der Waals surface area contributed by atoms with E-state index in [0.717, 1.165) is 12.8 Å². The molecule has 0 aromatic heterocycles. The van der Waals surface area contributed by atoms with Crippen LogP contribution in [-0.2, 0) is 24.5 Å². The Bertz CT molecular complexity index is 795. The maximum absolute atomic E-state index is 12.7. The van der Waals surface area contributed by atoms with Crippen LogP contribution in [0.3, 0.4) is 0 Å². The predicted molar refractivity (Wildman–Crippen MR) is 108 cm³/mol. The molecule has 2 unspecified atom stereocenters. The Morgan fingerprint density at radius 2 is 2.07 bits per heavy atom. The zero-order valence-electron chi connectivity index (χ0n) is 18.0. The molecule has 2 heterocycles. The van der Waals surface area contributed by atoms with E-state index < -0.39 is 11.0 Å². The van der Waals surface area contributed by atoms with Crippen molar-refractivity contribution in [1.82, 2.24) is 0 Å². The quantitative estimate of drug-likeness (QED) is 0.584. The van der Waals surface area contributed by atoms with E-state index in [1.54, 1.807) is 19.9 Å². The van der Waals surface area contributed by atoms with Gasteiger partial charge in [0.05, 0.1) is 18.6 Å². The van der Waals surface area contributed by atoms with Gasteiger partial charge in [-0.3, -0.25) is 9.59 Å². The molecule has 1 fully saturated rings. The third-order valence-electron chi connectivity index (χ3n) is 6.29. The van der Waals surface area contributed by atoms with Crippen molar-refractivity contribution in [2.75, 3.05) is 13.2 Å². The lowest BCUT2D eigenvalue weighted by atomic mass is 9.71. The molecule has 1 aromatic rings. The Morgan fingerprint density at radius 3 is 2.76 bits per heavy atom. The van der Waals surface area contributed by atoms with E-state index in [1.165, 1.54) is 0 Å². The van der Waals surface area contributed by atoms with Gasteiger partial charge in [-0.1, -0.05) is 13.3 Å². The molecule has 1 aromatic carbocycles. The molecular weight excluding hydrogens is 372 g/mol. The molecule has 0 radical (unpaired) electrons. The molecule has 2 aliphatic heterocycles. The number of cyclic esters (lactones) is 1. The number of aromatic hydroxyl groups is 1. The number of esters is 2. The fourth-order valence-electron chi connectivity index (χ4n) is 4.36. The second-order valence-corrected chi connectivity index (χ2v) is 9.16. The van der Waals surface area contributed by atoms with Crippen molar-refractivity contribution in [2.45, 2.75) is 77.2 Å². The summed E-state index contributed by atoms with van der Waals surface area (Å²) >= 11 is 0. The van der Waals surface area contributed by atoms with E-state index in [2.05, 4.69) is 0 Å². The van der Waals surface area contributed by atoms with Gasteiger partial charge < -0.3 is 19.3 Å². The minimum atomic E-state index is -0.930. The summed E-state index contributed by atoms with van der Waals surface area (Å²) in [5.41, 5.74) is -0.165. The van der Waals surface area contributed by atoms with Crippen LogP contribution >= 0.6 is 0 Å². The number of hydrogen-bond acceptors (Lipinski definition) is 6. The first kappa shape index (κ1) is 21.5. The molecule has 29 heavy (non-hydrogen) atoms. The molecule has 2 aliphatic rings. The minimum Gasteiger partial charge on any atom is -0.508 e. The van der Waals surface area contributed by atoms with Crippen molar-refractivity contribution in [2.24, 2.45) is 5.92 Å². The van der Waals surface area contributed by atoms with Gasteiger partial charge in [0.2, 0.25) is 0 Å². The van der Waals surface area contributed by atoms with Gasteiger partial charge in [-0.15, -0.1) is 0 Å². The first-order chi connectivity index (χ1) is 13.6. The van der Waals surface area contributed by atoms with E-state index in [4.69, 9.17) is 14.2 Å². The second-order valence-electron chi connectivity index (χ2n) is 9.16. The highest BCUT2D eigenvalue weighted by atomic mass is 16.5. The zero-order valence-corrected chi connectivity index (χ0v) is 18.0. The Kier molecular flexibility index (Phi) is 5.84. The lowest BCUT2D eigenvalue weighted by molar-refractivity contribution is -0.149. The van der Waals surface area contributed by atoms with Gasteiger partial charge in [-0.25, -0.2) is 0 Å². The van der Waals surface area contributed by atoms with Gasteiger partial charge in [-0.2, -0.15) is 0 Å². The normalized spacial score (nSPS) is 23.1. The number of ether oxygens (including phenoxy) is 3. The van der Waals surface area contributed by atoms with Crippen LogP contribution in [0, 0.1) is 5.92 Å². The highest BCUT2D eigenvalue weighted by Gasteiger charge is 2.47. The number of unbranched alkanes of at least 4 members (excludes halogenated alkanes) is 1. The van der Waals surface area contributed by atoms with Gasteiger partial charge >= 0.3 is 11.9 Å². The van der Waals surface area contributed by atoms with Crippen LogP contribution in [0.4, 0.5) is 0 Å². The minimum absolute atomic E-state index is 0.0465. The molecule has 3 rings (SSSR count). The van der Waals surface area contributed by atoms with Crippen molar-refractivity contribution in [1.29, 1.82) is 0 Å². The lowest BCUT2D eigenvalue weighted by Gasteiger charge is -2.44. The first-order valence-corrected chi connectivity index (χ1v) is 10.5. The number of phenolic OH excluding ortho intramolecular Hbond substituents is 1. The predicted octanol–water partition coefficient (Wildman–Crippen LogP) is 4.22. The average Bonchev–Trinajstić information content (AvgIpc) is 2.83. The van der Waals surface area contributed by atoms with E-state index >= 15 is 0 Å². The van der Waals surface area contributed by atoms with Crippen molar-refractivity contribution in [3.05, 3.63) is 23.3 Å². The largest absolute Gasteiger partial charge is 0.508 e. The first-order valence-electron chi connectivity index (χ1n) is 10.5. The number of benzene rings is 1. The highest BCUT2D eigenvalue weighted by Crippen LogP contribution is 2.52. The molecule has 2 atom stereocenters. The Labute approximate surface area is 172 Å². The van der Waals surface area contributed by atoms with Crippen LogP contribution in [0.15, 0.2) is 12.1 Å². The van der Waals surface area contributed by atoms with Crippen molar-refractivity contribution < 1.29 is 28.9 Å². The van der Waals surface area contributed by atoms with Gasteiger partial charge in [0.25, 0.3) is 0 Å². The molecule has 0 spiro atoms. The summed E-state index contributed by atoms with van der Waals surface area (Å²) in [6.45, 7) is 10.2. The summed E-state index contributed by atoms with van der Waals surface area (Å²) in [7, 11) is 0. The van der Waals surface area contributed by atoms with E-state index in [9.17, 15) is 14.7 Å². The van der Waals surface area contributed by atoms with Crippen LogP contribution < -0.4 is 4.74 Å². The molecule has 0 bridgehead atoms. The Morgan fingerprint density at radius 1 is 1.34 bits per heavy atom. The van der Waals surface area contributed by atoms with Gasteiger partial charge in [0, 0.05) is 23.8 Å². The summed E-state index contributed by atoms with van der Waals surface area (Å²) in [5, 5.41) is 10.9. The van der Waals surface area contributed by atoms with E-state index in [-0.39, 0.29) is 36.1 Å². The number of phenols is 1. The molecule has 1 saturated heterocycles. The fourth-order valence-corrected chi connectivity index (χ4v) is 4.36. The zero-order chi connectivity index (χ0) is 21.4. The Balaban J connectivity index is 1.98. The number of carbonyl (C=O) groups excluding carboxylic acids is 2. The molecule has 1 N–H and O–H groups in total. The van der Waals surface area contributed by atoms with Crippen LogP contribution in [0.25, 0.3) is 0 Å². The summed E-state index contributed by atoms with van der Waals surface area (Å²) in [5.74, 6) is -0.0430. The number of fused-ring (bicyclic) bond motifs is 3. The third kappa shape index (κ3) is 4.07. The summed E-state index contributed by atoms with van der Waals surface area (Å²) < 4.78 is 17.1. The monoisotopic (exact) mass is 404 g/mol. The lowest BCUT2D eigenvalue weighted by Crippen LogP contribution is -2.45. The number of rotatable bonds is 5. The van der Waals surface area contributed by atoms with Crippen molar-refractivity contribution in [3.63, 3.8) is 0 Å². The van der Waals surface area contributed by atoms with Crippen LogP contribution in [-0.4, -0.2) is 35.9 Å². The molecule has 6 heteroatoms. The average molecular weight is 405 g/mol. The third-order valence-corrected chi connectivity index (χ3v) is 6.29. The molecule has 6 nitrogen and oxygen atoms in total. The molecule has 0 aliphatic carbocycles. The van der Waals surface area contributed by atoms with Crippen molar-refractivity contribution in [3.8, 4) is 11.5 Å². The van der Waals surface area contributed by atoms with Crippen LogP contribution in [0.1, 0.15) is 77.3 Å². The van der Waals surface area contributed by atoms with Crippen LogP contribution in [0.2, 0.25) is 0 Å². The smallest absolute Gasteiger partial charge is 0.315 e. The summed E-state index contributed by atoms with van der Waals surface area (Å²) in [4.78, 5) is 24.5. The number of hydrogen-bond donors (Lipinski definition) is 1. The second kappa shape index (κ2) is 7.88. The van der Waals surface area contributed by atoms with Crippen molar-refractivity contribution >= 4 is 11.9 Å². The molecular formula is C23H32O6. The number of carbonyl (C=O) groups is 2. The molecule has 160 valence electrons. The van der Waals surface area contributed by atoms with E-state index in [0.29, 0.717) is 36.3 Å². The Hall–Kier alpha value is -2.24. The topological polar surface area (TPSA) is 82.1 Å². The standard InChI is InChI=1S/C23H32O6/c1-6-7-10-27-21(26)22(2,3)14-11-17(24)20-15-13-28-19(25)9-8-16(15)23(4,5)29-18(20)12-14/h11-12,15-16,24H,6-10,13H2,1-5H3. The highest BCUT2D eigenvalue weighted by molar-refractivity contribution is 5.83. The molecule has 0 amide bonds. The SMILES string of the molecule is CCCCOC(=O)C(C)(C)c1cc(O)c2c(c1)OC(C)(C)C1CCC(=O)OCC21. The van der Waals surface area contributed by atoms with E-state index in [1.807, 2.05) is 26.8 Å². The summed E-state index contributed by atoms with van der Waals surface area (Å²) in [6.07, 6.45) is 2.75. The maximum atomic E-state index is 12.7. The fraction of sp³-hybridized carbons (Fsp3) is 0.652. The van der Waals surface area contributed by atoms with Crippen LogP contribution in [0.5, 0.6) is 11.5 Å². The summed E-state index contributed by atoms with van der Waals surface area (Å²) in [6, 6.07) is 3.44. The molecule has 0 saturated carbocycles.